The predicted molar refractivity (Wildman–Crippen MR) is 96.2 cm³/mol. The predicted octanol–water partition coefficient (Wildman–Crippen LogP) is 2.32. The van der Waals surface area contributed by atoms with E-state index in [9.17, 15) is 26.4 Å². The molecule has 0 aromatic heterocycles. The first-order chi connectivity index (χ1) is 12.9. The molecule has 0 spiro atoms. The van der Waals surface area contributed by atoms with Crippen LogP contribution in [0.15, 0.2) is 23.8 Å². The number of alkyl halides is 2. The van der Waals surface area contributed by atoms with Gasteiger partial charge in [-0.25, -0.2) is 18.6 Å². The lowest BCUT2D eigenvalue weighted by Crippen LogP contribution is -2.33. The van der Waals surface area contributed by atoms with Gasteiger partial charge < -0.3 is 4.74 Å². The molecule has 7 nitrogen and oxygen atoms in total. The Bertz CT molecular complexity index is 916. The molecule has 11 heteroatoms. The van der Waals surface area contributed by atoms with Crippen molar-refractivity contribution in [3.05, 3.63) is 35.7 Å². The van der Waals surface area contributed by atoms with Crippen molar-refractivity contribution in [1.82, 2.24) is 5.43 Å². The second-order valence-electron chi connectivity index (χ2n) is 6.29. The molecule has 0 radical (unpaired) electrons. The van der Waals surface area contributed by atoms with Gasteiger partial charge >= 0.3 is 5.92 Å². The van der Waals surface area contributed by atoms with Gasteiger partial charge in [0.1, 0.15) is 18.2 Å². The number of hydrazone groups is 1. The molecule has 0 aliphatic carbocycles. The van der Waals surface area contributed by atoms with E-state index in [0.717, 1.165) is 6.08 Å². The standard InChI is InChI=1S/C17H19F3N2O5S/c1-4-11-13(26-8-17(19,20)9-27-28(3,24)25)6-5-12(15(11)18)16-10(2)7-14(23)21-22-16/h4-6,10H,1,7-9H2,2-3H3,(H,21,23). The van der Waals surface area contributed by atoms with E-state index in [1.54, 1.807) is 6.92 Å². The molecule has 1 atom stereocenters. The van der Waals surface area contributed by atoms with Gasteiger partial charge in [0.05, 0.1) is 17.5 Å². The van der Waals surface area contributed by atoms with Gasteiger partial charge in [0.15, 0.2) is 6.61 Å². The smallest absolute Gasteiger partial charge is 0.305 e. The van der Waals surface area contributed by atoms with Gasteiger partial charge in [0, 0.05) is 17.9 Å². The van der Waals surface area contributed by atoms with Crippen LogP contribution in [-0.4, -0.2) is 45.4 Å². The summed E-state index contributed by atoms with van der Waals surface area (Å²) in [6.07, 6.45) is 1.88. The normalized spacial score (nSPS) is 17.7. The molecule has 1 N–H and O–H groups in total. The lowest BCUT2D eigenvalue weighted by molar-refractivity contribution is -0.121. The highest BCUT2D eigenvalue weighted by atomic mass is 32.2. The zero-order chi connectivity index (χ0) is 21.1. The largest absolute Gasteiger partial charge is 0.486 e. The Kier molecular flexibility index (Phi) is 6.50. The molecule has 1 unspecified atom stereocenters. The first kappa shape index (κ1) is 21.9. The Morgan fingerprint density at radius 2 is 2.07 bits per heavy atom. The summed E-state index contributed by atoms with van der Waals surface area (Å²) < 4.78 is 73.1. The van der Waals surface area contributed by atoms with Crippen molar-refractivity contribution in [2.45, 2.75) is 19.3 Å². The zero-order valence-electron chi connectivity index (χ0n) is 15.2. The fourth-order valence-electron chi connectivity index (χ4n) is 2.49. The van der Waals surface area contributed by atoms with E-state index in [4.69, 9.17) is 4.74 Å². The van der Waals surface area contributed by atoms with Crippen LogP contribution in [0, 0.1) is 11.7 Å². The SMILES string of the molecule is C=Cc1c(OCC(F)(F)COS(C)(=O)=O)ccc(C2=NNC(=O)CC2C)c1F. The molecule has 1 aromatic rings. The Balaban J connectivity index is 2.22. The molecule has 1 heterocycles. The molecule has 1 amide bonds. The Hall–Kier alpha value is -2.40. The summed E-state index contributed by atoms with van der Waals surface area (Å²) in [5.41, 5.74) is 2.50. The maximum absolute atomic E-state index is 14.9. The minimum atomic E-state index is -4.04. The maximum atomic E-state index is 14.9. The summed E-state index contributed by atoms with van der Waals surface area (Å²) in [6.45, 7) is 2.54. The van der Waals surface area contributed by atoms with Crippen LogP contribution >= 0.6 is 0 Å². The third-order valence-electron chi connectivity index (χ3n) is 3.80. The van der Waals surface area contributed by atoms with Crippen LogP contribution in [0.1, 0.15) is 24.5 Å². The lowest BCUT2D eigenvalue weighted by atomic mass is 9.92. The summed E-state index contributed by atoms with van der Waals surface area (Å²) in [5.74, 6) is -5.25. The van der Waals surface area contributed by atoms with Gasteiger partial charge in [0.2, 0.25) is 5.91 Å². The Labute approximate surface area is 160 Å². The fraction of sp³-hybridized carbons (Fsp3) is 0.412. The summed E-state index contributed by atoms with van der Waals surface area (Å²) in [7, 11) is -4.04. The van der Waals surface area contributed by atoms with Gasteiger partial charge in [0.25, 0.3) is 10.1 Å². The molecule has 1 aliphatic rings. The molecule has 28 heavy (non-hydrogen) atoms. The third-order valence-corrected chi connectivity index (χ3v) is 4.35. The first-order valence-corrected chi connectivity index (χ1v) is 9.92. The van der Waals surface area contributed by atoms with Crippen molar-refractivity contribution in [3.63, 3.8) is 0 Å². The lowest BCUT2D eigenvalue weighted by Gasteiger charge is -2.21. The van der Waals surface area contributed by atoms with Crippen LogP contribution in [0.2, 0.25) is 0 Å². The van der Waals surface area contributed by atoms with Crippen molar-refractivity contribution in [3.8, 4) is 5.75 Å². The number of rotatable bonds is 8. The van der Waals surface area contributed by atoms with Gasteiger partial charge in [-0.15, -0.1) is 0 Å². The third kappa shape index (κ3) is 5.55. The second-order valence-corrected chi connectivity index (χ2v) is 7.94. The number of carbonyl (C=O) groups is 1. The molecule has 0 fully saturated rings. The highest BCUT2D eigenvalue weighted by molar-refractivity contribution is 7.85. The van der Waals surface area contributed by atoms with Crippen LogP contribution in [0.4, 0.5) is 13.2 Å². The minimum absolute atomic E-state index is 0.0851. The number of ether oxygens (including phenoxy) is 1. The summed E-state index contributed by atoms with van der Waals surface area (Å²) in [6, 6.07) is 2.57. The fourth-order valence-corrected chi connectivity index (χ4v) is 2.87. The van der Waals surface area contributed by atoms with Crippen molar-refractivity contribution in [2.24, 2.45) is 11.0 Å². The first-order valence-electron chi connectivity index (χ1n) is 8.10. The maximum Gasteiger partial charge on any atom is 0.305 e. The number of hydrogen-bond acceptors (Lipinski definition) is 6. The van der Waals surface area contributed by atoms with Crippen LogP contribution < -0.4 is 10.2 Å². The monoisotopic (exact) mass is 420 g/mol. The molecule has 1 aromatic carbocycles. The Morgan fingerprint density at radius 3 is 2.64 bits per heavy atom. The van der Waals surface area contributed by atoms with Gasteiger partial charge in [-0.05, 0) is 12.1 Å². The Morgan fingerprint density at radius 1 is 1.39 bits per heavy atom. The number of carbonyl (C=O) groups excluding carboxylic acids is 1. The van der Waals surface area contributed by atoms with Gasteiger partial charge in [-0.3, -0.25) is 8.98 Å². The van der Waals surface area contributed by atoms with Crippen LogP contribution in [0.3, 0.4) is 0 Å². The van der Waals surface area contributed by atoms with Crippen molar-refractivity contribution >= 4 is 27.8 Å². The quantitative estimate of drug-likeness (QED) is 0.652. The van der Waals surface area contributed by atoms with E-state index in [1.807, 2.05) is 0 Å². The summed E-state index contributed by atoms with van der Waals surface area (Å²) in [4.78, 5) is 11.3. The number of halogens is 3. The average Bonchev–Trinajstić information content (AvgIpc) is 2.59. The number of nitrogens with zero attached hydrogens (tertiary/aromatic N) is 1. The van der Waals surface area contributed by atoms with Crippen LogP contribution in [0.25, 0.3) is 6.08 Å². The van der Waals surface area contributed by atoms with Crippen molar-refractivity contribution in [2.75, 3.05) is 19.5 Å². The zero-order valence-corrected chi connectivity index (χ0v) is 16.0. The highest BCUT2D eigenvalue weighted by Crippen LogP contribution is 2.30. The number of benzene rings is 1. The summed E-state index contributed by atoms with van der Waals surface area (Å²) >= 11 is 0. The molecule has 2 rings (SSSR count). The molecule has 0 bridgehead atoms. The van der Waals surface area contributed by atoms with E-state index < -0.39 is 35.1 Å². The molecular weight excluding hydrogens is 401 g/mol. The van der Waals surface area contributed by atoms with E-state index in [-0.39, 0.29) is 35.1 Å². The molecule has 154 valence electrons. The van der Waals surface area contributed by atoms with Gasteiger partial charge in [-0.2, -0.15) is 13.5 Å². The van der Waals surface area contributed by atoms with Crippen LogP contribution in [-0.2, 0) is 19.1 Å². The topological polar surface area (TPSA) is 94.1 Å². The highest BCUT2D eigenvalue weighted by Gasteiger charge is 2.33. The van der Waals surface area contributed by atoms with E-state index in [2.05, 4.69) is 21.3 Å². The molecule has 0 saturated heterocycles. The summed E-state index contributed by atoms with van der Waals surface area (Å²) in [5, 5.41) is 3.87. The molecule has 0 saturated carbocycles. The number of amides is 1. The number of hydrogen-bond donors (Lipinski definition) is 1. The van der Waals surface area contributed by atoms with E-state index in [1.165, 1.54) is 12.1 Å². The van der Waals surface area contributed by atoms with Gasteiger partial charge in [-0.1, -0.05) is 19.6 Å². The second kappa shape index (κ2) is 8.31. The van der Waals surface area contributed by atoms with Crippen molar-refractivity contribution in [1.29, 1.82) is 0 Å². The molecular formula is C17H19F3N2O5S. The average molecular weight is 420 g/mol. The van der Waals surface area contributed by atoms with E-state index in [0.29, 0.717) is 12.0 Å². The van der Waals surface area contributed by atoms with Crippen LogP contribution in [0.5, 0.6) is 5.75 Å². The number of nitrogens with one attached hydrogen (secondary N) is 1. The van der Waals surface area contributed by atoms with E-state index >= 15 is 0 Å². The van der Waals surface area contributed by atoms with Crippen molar-refractivity contribution < 1.29 is 35.3 Å². The molecule has 1 aliphatic heterocycles. The minimum Gasteiger partial charge on any atom is -0.486 e.